The first kappa shape index (κ1) is 14.7. The number of hydrogen-bond donors (Lipinski definition) is 0. The Morgan fingerprint density at radius 3 is 2.30 bits per heavy atom. The van der Waals surface area contributed by atoms with Crippen molar-refractivity contribution in [2.24, 2.45) is 5.41 Å². The molecule has 0 saturated carbocycles. The number of nitrogens with zero attached hydrogens (tertiary/aromatic N) is 2. The van der Waals surface area contributed by atoms with Crippen molar-refractivity contribution < 1.29 is 13.2 Å². The molecule has 0 bridgehead atoms. The highest BCUT2D eigenvalue weighted by Gasteiger charge is 2.32. The first-order valence-electron chi connectivity index (χ1n) is 6.59. The van der Waals surface area contributed by atoms with Gasteiger partial charge in [-0.3, -0.25) is 0 Å². The van der Waals surface area contributed by atoms with Gasteiger partial charge in [0.1, 0.15) is 6.07 Å². The molecular weight excluding hydrogens is 265 g/mol. The van der Waals surface area contributed by atoms with Crippen LogP contribution in [0.3, 0.4) is 0 Å². The Balaban J connectivity index is 2.33. The highest BCUT2D eigenvalue weighted by molar-refractivity contribution is 5.61. The molecule has 0 aromatic heterocycles. The molecule has 0 aliphatic carbocycles. The second kappa shape index (κ2) is 5.01. The molecule has 0 radical (unpaired) electrons. The highest BCUT2D eigenvalue weighted by atomic mass is 19.4. The second-order valence-electron chi connectivity index (χ2n) is 5.99. The van der Waals surface area contributed by atoms with Crippen LogP contribution in [-0.4, -0.2) is 13.1 Å². The highest BCUT2D eigenvalue weighted by Crippen LogP contribution is 2.36. The number of rotatable bonds is 1. The van der Waals surface area contributed by atoms with Gasteiger partial charge in [0.2, 0.25) is 0 Å². The quantitative estimate of drug-likeness (QED) is 0.771. The lowest BCUT2D eigenvalue weighted by atomic mass is 9.82. The predicted octanol–water partition coefficient (Wildman–Crippen LogP) is 4.20. The molecule has 0 amide bonds. The van der Waals surface area contributed by atoms with Crippen molar-refractivity contribution in [3.05, 3.63) is 29.3 Å². The average molecular weight is 282 g/mol. The lowest BCUT2D eigenvalue weighted by Crippen LogP contribution is -2.37. The summed E-state index contributed by atoms with van der Waals surface area (Å²) in [5, 5.41) is 9.09. The molecule has 1 aliphatic heterocycles. The van der Waals surface area contributed by atoms with E-state index in [9.17, 15) is 13.2 Å². The number of hydrogen-bond acceptors (Lipinski definition) is 2. The summed E-state index contributed by atoms with van der Waals surface area (Å²) in [5.74, 6) is 0. The maximum Gasteiger partial charge on any atom is 0.416 e. The Bertz CT molecular complexity index is 531. The number of anilines is 1. The van der Waals surface area contributed by atoms with Crippen molar-refractivity contribution in [3.63, 3.8) is 0 Å². The van der Waals surface area contributed by atoms with Crippen LogP contribution in [0, 0.1) is 16.7 Å². The van der Waals surface area contributed by atoms with Gasteiger partial charge < -0.3 is 4.90 Å². The zero-order chi connectivity index (χ0) is 15.0. The van der Waals surface area contributed by atoms with Crippen LogP contribution in [0.4, 0.5) is 18.9 Å². The third-order valence-corrected chi connectivity index (χ3v) is 3.90. The van der Waals surface area contributed by atoms with Crippen molar-refractivity contribution in [3.8, 4) is 6.07 Å². The molecular formula is C15H17F3N2. The van der Waals surface area contributed by atoms with Crippen molar-refractivity contribution >= 4 is 5.69 Å². The van der Waals surface area contributed by atoms with E-state index < -0.39 is 11.7 Å². The van der Waals surface area contributed by atoms with Gasteiger partial charge >= 0.3 is 6.18 Å². The summed E-state index contributed by atoms with van der Waals surface area (Å²) in [5.41, 5.74) is 0.220. The van der Waals surface area contributed by atoms with Crippen molar-refractivity contribution in [1.82, 2.24) is 0 Å². The molecule has 1 saturated heterocycles. The van der Waals surface area contributed by atoms with Gasteiger partial charge in [-0.1, -0.05) is 13.8 Å². The Kier molecular flexibility index (Phi) is 3.68. The van der Waals surface area contributed by atoms with Gasteiger partial charge in [-0.15, -0.1) is 0 Å². The second-order valence-corrected chi connectivity index (χ2v) is 5.99. The smallest absolute Gasteiger partial charge is 0.370 e. The molecule has 5 heteroatoms. The molecule has 0 spiro atoms. The van der Waals surface area contributed by atoms with Gasteiger partial charge in [0.05, 0.1) is 16.8 Å². The van der Waals surface area contributed by atoms with Crippen LogP contribution >= 0.6 is 0 Å². The van der Waals surface area contributed by atoms with Crippen LogP contribution in [0.25, 0.3) is 0 Å². The molecule has 1 aliphatic rings. The normalized spacial score (nSPS) is 18.7. The van der Waals surface area contributed by atoms with Crippen LogP contribution in [0.5, 0.6) is 0 Å². The Morgan fingerprint density at radius 2 is 1.80 bits per heavy atom. The summed E-state index contributed by atoms with van der Waals surface area (Å²) < 4.78 is 38.4. The molecule has 1 aromatic carbocycles. The summed E-state index contributed by atoms with van der Waals surface area (Å²) in [6, 6.07) is 5.31. The number of alkyl halides is 3. The third kappa shape index (κ3) is 3.06. The first-order valence-corrected chi connectivity index (χ1v) is 6.59. The van der Waals surface area contributed by atoms with Gasteiger partial charge in [-0.25, -0.2) is 0 Å². The van der Waals surface area contributed by atoms with E-state index in [4.69, 9.17) is 5.26 Å². The molecule has 1 fully saturated rings. The Morgan fingerprint density at radius 1 is 1.20 bits per heavy atom. The summed E-state index contributed by atoms with van der Waals surface area (Å²) in [6.07, 6.45) is -2.56. The lowest BCUT2D eigenvalue weighted by molar-refractivity contribution is -0.137. The maximum atomic E-state index is 12.8. The minimum Gasteiger partial charge on any atom is -0.370 e. The van der Waals surface area contributed by atoms with Gasteiger partial charge in [0.15, 0.2) is 0 Å². The molecule has 20 heavy (non-hydrogen) atoms. The van der Waals surface area contributed by atoms with Gasteiger partial charge in [0, 0.05) is 13.1 Å². The molecule has 108 valence electrons. The Labute approximate surface area is 116 Å². The van der Waals surface area contributed by atoms with Crippen molar-refractivity contribution in [2.75, 3.05) is 18.0 Å². The molecule has 1 heterocycles. The number of halogens is 3. The van der Waals surface area contributed by atoms with Gasteiger partial charge in [-0.2, -0.15) is 18.4 Å². The molecule has 2 rings (SSSR count). The molecule has 0 N–H and O–H groups in total. The van der Waals surface area contributed by atoms with E-state index in [0.717, 1.165) is 25.0 Å². The number of benzene rings is 1. The monoisotopic (exact) mass is 282 g/mol. The van der Waals surface area contributed by atoms with E-state index in [0.29, 0.717) is 24.3 Å². The average Bonchev–Trinajstić information content (AvgIpc) is 2.37. The first-order chi connectivity index (χ1) is 9.23. The summed E-state index contributed by atoms with van der Waals surface area (Å²) in [7, 11) is 0. The van der Waals surface area contributed by atoms with E-state index in [2.05, 4.69) is 13.8 Å². The minimum atomic E-state index is -4.38. The molecule has 0 atom stereocenters. The fraction of sp³-hybridized carbons (Fsp3) is 0.533. The van der Waals surface area contributed by atoms with E-state index >= 15 is 0 Å². The van der Waals surface area contributed by atoms with E-state index in [1.807, 2.05) is 11.0 Å². The standard InChI is InChI=1S/C15H17F3N2/c1-14(2)5-7-20(8-6-14)13-9-12(15(16,17)18)4-3-11(13)10-19/h3-4,9H,5-8H2,1-2H3. The third-order valence-electron chi connectivity index (χ3n) is 3.90. The SMILES string of the molecule is CC1(C)CCN(c2cc(C(F)(F)F)ccc2C#N)CC1. The maximum absolute atomic E-state index is 12.8. The predicted molar refractivity (Wildman–Crippen MR) is 71.4 cm³/mol. The lowest BCUT2D eigenvalue weighted by Gasteiger charge is -2.38. The Hall–Kier alpha value is -1.70. The van der Waals surface area contributed by atoms with Crippen LogP contribution in [0.15, 0.2) is 18.2 Å². The van der Waals surface area contributed by atoms with Crippen LogP contribution in [-0.2, 0) is 6.18 Å². The summed E-state index contributed by atoms with van der Waals surface area (Å²) in [6.45, 7) is 5.68. The van der Waals surface area contributed by atoms with E-state index in [1.54, 1.807) is 0 Å². The summed E-state index contributed by atoms with van der Waals surface area (Å²) >= 11 is 0. The molecule has 0 unspecified atom stereocenters. The topological polar surface area (TPSA) is 27.0 Å². The fourth-order valence-electron chi connectivity index (χ4n) is 2.42. The fourth-order valence-corrected chi connectivity index (χ4v) is 2.42. The molecule has 2 nitrogen and oxygen atoms in total. The van der Waals surface area contributed by atoms with Gasteiger partial charge in [-0.05, 0) is 36.5 Å². The van der Waals surface area contributed by atoms with Crippen LogP contribution < -0.4 is 4.90 Å². The van der Waals surface area contributed by atoms with Crippen LogP contribution in [0.1, 0.15) is 37.8 Å². The largest absolute Gasteiger partial charge is 0.416 e. The van der Waals surface area contributed by atoms with Crippen molar-refractivity contribution in [1.29, 1.82) is 5.26 Å². The van der Waals surface area contributed by atoms with Gasteiger partial charge in [0.25, 0.3) is 0 Å². The van der Waals surface area contributed by atoms with E-state index in [1.165, 1.54) is 6.07 Å². The van der Waals surface area contributed by atoms with Crippen LogP contribution in [0.2, 0.25) is 0 Å². The summed E-state index contributed by atoms with van der Waals surface area (Å²) in [4.78, 5) is 1.89. The van der Waals surface area contributed by atoms with Crippen molar-refractivity contribution in [2.45, 2.75) is 32.9 Å². The van der Waals surface area contributed by atoms with E-state index in [-0.39, 0.29) is 5.41 Å². The molecule has 1 aromatic rings. The zero-order valence-corrected chi connectivity index (χ0v) is 11.6. The minimum absolute atomic E-state index is 0.213. The number of nitriles is 1. The zero-order valence-electron chi connectivity index (χ0n) is 11.6. The number of piperidine rings is 1.